The standard InChI is InChI=1S/C11H12N6S/c1-5-8(11(13-2)18-17-5)10-14-6-3-4-7(12)15-9(6)16-10/h3-4,13H,1-2H3,(H3,12,14,15,16). The van der Waals surface area contributed by atoms with Gasteiger partial charge in [0.2, 0.25) is 0 Å². The minimum atomic E-state index is 0.467. The van der Waals surface area contributed by atoms with Gasteiger partial charge in [0.1, 0.15) is 16.6 Å². The second-order valence-corrected chi connectivity index (χ2v) is 4.69. The fourth-order valence-electron chi connectivity index (χ4n) is 1.84. The zero-order chi connectivity index (χ0) is 12.7. The smallest absolute Gasteiger partial charge is 0.180 e. The number of aryl methyl sites for hydroxylation is 1. The second-order valence-electron chi connectivity index (χ2n) is 3.91. The zero-order valence-electron chi connectivity index (χ0n) is 9.98. The largest absolute Gasteiger partial charge is 0.384 e. The summed E-state index contributed by atoms with van der Waals surface area (Å²) in [6, 6.07) is 3.63. The van der Waals surface area contributed by atoms with Crippen LogP contribution in [0.2, 0.25) is 0 Å². The van der Waals surface area contributed by atoms with Crippen LogP contribution in [0, 0.1) is 6.92 Å². The molecule has 0 aliphatic rings. The summed E-state index contributed by atoms with van der Waals surface area (Å²) in [4.78, 5) is 11.9. The van der Waals surface area contributed by atoms with Crippen LogP contribution in [0.4, 0.5) is 10.8 Å². The Hall–Kier alpha value is -2.15. The van der Waals surface area contributed by atoms with E-state index in [9.17, 15) is 0 Å². The van der Waals surface area contributed by atoms with Gasteiger partial charge in [0.05, 0.1) is 16.8 Å². The fraction of sp³-hybridized carbons (Fsp3) is 0.182. The summed E-state index contributed by atoms with van der Waals surface area (Å²) in [5.74, 6) is 1.23. The third kappa shape index (κ3) is 1.60. The summed E-state index contributed by atoms with van der Waals surface area (Å²) in [6.45, 7) is 1.96. The molecule has 3 aromatic heterocycles. The van der Waals surface area contributed by atoms with E-state index < -0.39 is 0 Å². The zero-order valence-corrected chi connectivity index (χ0v) is 10.8. The molecule has 3 aromatic rings. The summed E-state index contributed by atoms with van der Waals surface area (Å²) in [6.07, 6.45) is 0. The van der Waals surface area contributed by atoms with E-state index in [-0.39, 0.29) is 0 Å². The van der Waals surface area contributed by atoms with E-state index in [1.165, 1.54) is 11.5 Å². The molecule has 0 aliphatic heterocycles. The van der Waals surface area contributed by atoms with Crippen molar-refractivity contribution in [3.8, 4) is 11.4 Å². The lowest BCUT2D eigenvalue weighted by Crippen LogP contribution is -1.90. The molecule has 0 amide bonds. The van der Waals surface area contributed by atoms with Crippen molar-refractivity contribution in [2.75, 3.05) is 18.1 Å². The van der Waals surface area contributed by atoms with Crippen LogP contribution < -0.4 is 11.1 Å². The maximum atomic E-state index is 5.65. The number of nitrogens with one attached hydrogen (secondary N) is 2. The van der Waals surface area contributed by atoms with Crippen LogP contribution in [0.15, 0.2) is 12.1 Å². The summed E-state index contributed by atoms with van der Waals surface area (Å²) in [5, 5.41) is 4.11. The number of hydrogen-bond donors (Lipinski definition) is 3. The molecule has 3 heterocycles. The molecule has 18 heavy (non-hydrogen) atoms. The normalized spacial score (nSPS) is 11.0. The Balaban J connectivity index is 2.22. The van der Waals surface area contributed by atoms with Gasteiger partial charge in [-0.05, 0) is 30.6 Å². The number of nitrogens with two attached hydrogens (primary N) is 1. The summed E-state index contributed by atoms with van der Waals surface area (Å²) < 4.78 is 4.33. The molecule has 0 bridgehead atoms. The molecule has 0 saturated carbocycles. The highest BCUT2D eigenvalue weighted by atomic mass is 32.1. The van der Waals surface area contributed by atoms with E-state index in [4.69, 9.17) is 5.73 Å². The van der Waals surface area contributed by atoms with Gasteiger partial charge in [0.25, 0.3) is 0 Å². The Morgan fingerprint density at radius 1 is 1.33 bits per heavy atom. The number of aromatic amines is 1. The van der Waals surface area contributed by atoms with Crippen LogP contribution in [0.3, 0.4) is 0 Å². The van der Waals surface area contributed by atoms with Gasteiger partial charge in [-0.15, -0.1) is 0 Å². The topological polar surface area (TPSA) is 92.5 Å². The summed E-state index contributed by atoms with van der Waals surface area (Å²) in [7, 11) is 1.87. The minimum Gasteiger partial charge on any atom is -0.384 e. The molecule has 0 saturated heterocycles. The van der Waals surface area contributed by atoms with Crippen molar-refractivity contribution in [2.24, 2.45) is 0 Å². The van der Waals surface area contributed by atoms with Crippen molar-refractivity contribution in [3.63, 3.8) is 0 Å². The molecule has 0 radical (unpaired) electrons. The monoisotopic (exact) mass is 260 g/mol. The molecular formula is C11H12N6S. The van der Waals surface area contributed by atoms with Gasteiger partial charge >= 0.3 is 0 Å². The number of aromatic nitrogens is 4. The number of H-pyrrole nitrogens is 1. The Kier molecular flexibility index (Phi) is 2.41. The molecule has 0 aromatic carbocycles. The van der Waals surface area contributed by atoms with Gasteiger partial charge in [-0.1, -0.05) is 0 Å². The average molecular weight is 260 g/mol. The van der Waals surface area contributed by atoms with E-state index in [0.717, 1.165) is 27.6 Å². The highest BCUT2D eigenvalue weighted by Crippen LogP contribution is 2.33. The van der Waals surface area contributed by atoms with Crippen LogP contribution in [0.5, 0.6) is 0 Å². The van der Waals surface area contributed by atoms with Crippen LogP contribution in [-0.4, -0.2) is 26.4 Å². The molecule has 92 valence electrons. The molecule has 0 fully saturated rings. The first-order valence-electron chi connectivity index (χ1n) is 5.45. The van der Waals surface area contributed by atoms with Crippen molar-refractivity contribution in [1.82, 2.24) is 19.3 Å². The summed E-state index contributed by atoms with van der Waals surface area (Å²) >= 11 is 1.42. The average Bonchev–Trinajstić information content (AvgIpc) is 2.91. The molecule has 0 atom stereocenters. The van der Waals surface area contributed by atoms with Gasteiger partial charge in [-0.2, -0.15) is 4.37 Å². The minimum absolute atomic E-state index is 0.467. The first kappa shape index (κ1) is 11.0. The quantitative estimate of drug-likeness (QED) is 0.655. The van der Waals surface area contributed by atoms with E-state index in [1.807, 2.05) is 20.0 Å². The number of nitrogens with zero attached hydrogens (tertiary/aromatic N) is 3. The highest BCUT2D eigenvalue weighted by Gasteiger charge is 2.16. The molecule has 0 spiro atoms. The number of pyridine rings is 1. The van der Waals surface area contributed by atoms with E-state index in [2.05, 4.69) is 24.6 Å². The predicted molar refractivity (Wildman–Crippen MR) is 73.7 cm³/mol. The number of hydrogen-bond acceptors (Lipinski definition) is 6. The molecule has 7 heteroatoms. The maximum absolute atomic E-state index is 5.65. The van der Waals surface area contributed by atoms with Crippen molar-refractivity contribution < 1.29 is 0 Å². The SMILES string of the molecule is CNc1snc(C)c1-c1nc2nc(N)ccc2[nH]1. The Labute approximate surface area is 107 Å². The number of nitrogen functional groups attached to an aromatic ring is 1. The van der Waals surface area contributed by atoms with Crippen molar-refractivity contribution in [2.45, 2.75) is 6.92 Å². The first-order chi connectivity index (χ1) is 8.69. The lowest BCUT2D eigenvalue weighted by atomic mass is 10.2. The second kappa shape index (κ2) is 3.95. The van der Waals surface area contributed by atoms with E-state index in [0.29, 0.717) is 11.5 Å². The third-order valence-electron chi connectivity index (χ3n) is 2.69. The lowest BCUT2D eigenvalue weighted by molar-refractivity contribution is 1.26. The van der Waals surface area contributed by atoms with E-state index >= 15 is 0 Å². The molecule has 0 unspecified atom stereocenters. The van der Waals surface area contributed by atoms with Gasteiger partial charge < -0.3 is 16.0 Å². The maximum Gasteiger partial charge on any atom is 0.180 e. The molecular weight excluding hydrogens is 248 g/mol. The lowest BCUT2D eigenvalue weighted by Gasteiger charge is -1.98. The van der Waals surface area contributed by atoms with Crippen LogP contribution in [0.25, 0.3) is 22.6 Å². The van der Waals surface area contributed by atoms with Crippen LogP contribution in [0.1, 0.15) is 5.69 Å². The van der Waals surface area contributed by atoms with Gasteiger partial charge in [0.15, 0.2) is 5.65 Å². The number of fused-ring (bicyclic) bond motifs is 1. The Morgan fingerprint density at radius 2 is 2.17 bits per heavy atom. The van der Waals surface area contributed by atoms with Gasteiger partial charge in [0, 0.05) is 7.05 Å². The Morgan fingerprint density at radius 3 is 2.94 bits per heavy atom. The van der Waals surface area contributed by atoms with Crippen molar-refractivity contribution in [3.05, 3.63) is 17.8 Å². The third-order valence-corrected chi connectivity index (χ3v) is 3.65. The predicted octanol–water partition coefficient (Wildman–Crippen LogP) is 2.01. The van der Waals surface area contributed by atoms with Crippen LogP contribution in [-0.2, 0) is 0 Å². The number of imidazole rings is 1. The molecule has 0 aliphatic carbocycles. The van der Waals surface area contributed by atoms with Gasteiger partial charge in [-0.25, -0.2) is 9.97 Å². The van der Waals surface area contributed by atoms with E-state index in [1.54, 1.807) is 6.07 Å². The van der Waals surface area contributed by atoms with Crippen molar-refractivity contribution >= 4 is 33.5 Å². The number of anilines is 2. The molecule has 3 rings (SSSR count). The molecule has 4 N–H and O–H groups in total. The highest BCUT2D eigenvalue weighted by molar-refractivity contribution is 7.10. The van der Waals surface area contributed by atoms with Gasteiger partial charge in [-0.3, -0.25) is 0 Å². The number of rotatable bonds is 2. The molecule has 6 nitrogen and oxygen atoms in total. The fourth-order valence-corrected chi connectivity index (χ4v) is 2.59. The Bertz CT molecular complexity index is 713. The first-order valence-corrected chi connectivity index (χ1v) is 6.23. The van der Waals surface area contributed by atoms with Crippen LogP contribution >= 0.6 is 11.5 Å². The van der Waals surface area contributed by atoms with Crippen molar-refractivity contribution in [1.29, 1.82) is 0 Å². The summed E-state index contributed by atoms with van der Waals surface area (Å²) in [5.41, 5.74) is 9.07.